The van der Waals surface area contributed by atoms with Crippen molar-refractivity contribution in [3.8, 4) is 0 Å². The summed E-state index contributed by atoms with van der Waals surface area (Å²) in [6.07, 6.45) is 1.54. The summed E-state index contributed by atoms with van der Waals surface area (Å²) >= 11 is 0. The molecule has 1 heterocycles. The number of anilines is 1. The summed E-state index contributed by atoms with van der Waals surface area (Å²) in [5.74, 6) is -1.38. The summed E-state index contributed by atoms with van der Waals surface area (Å²) in [5.41, 5.74) is 0.971. The number of aromatic carboxylic acids is 1. The molecule has 2 rings (SSSR count). The van der Waals surface area contributed by atoms with Gasteiger partial charge in [0.05, 0.1) is 5.56 Å². The largest absolute Gasteiger partial charge is 0.478 e. The summed E-state index contributed by atoms with van der Waals surface area (Å²) in [4.78, 5) is 34.4. The number of pyridine rings is 1. The van der Waals surface area contributed by atoms with Gasteiger partial charge in [-0.2, -0.15) is 0 Å². The molecule has 1 amide bonds. The van der Waals surface area contributed by atoms with Gasteiger partial charge in [0.15, 0.2) is 0 Å². The number of nitrogens with zero attached hydrogens (tertiary/aromatic N) is 1. The molecule has 21 heavy (non-hydrogen) atoms. The van der Waals surface area contributed by atoms with E-state index in [1.54, 1.807) is 25.3 Å². The summed E-state index contributed by atoms with van der Waals surface area (Å²) in [6.45, 7) is 1.59. The highest BCUT2D eigenvalue weighted by atomic mass is 16.4. The molecule has 0 unspecified atom stereocenters. The maximum atomic E-state index is 11.9. The van der Waals surface area contributed by atoms with Crippen LogP contribution in [0, 0.1) is 6.92 Å². The van der Waals surface area contributed by atoms with E-state index in [0.29, 0.717) is 11.3 Å². The highest BCUT2D eigenvalue weighted by Crippen LogP contribution is 2.09. The lowest BCUT2D eigenvalue weighted by atomic mass is 10.2. The molecule has 2 N–H and O–H groups in total. The molecule has 1 aromatic carbocycles. The number of benzene rings is 1. The first-order valence-corrected chi connectivity index (χ1v) is 6.26. The number of aromatic nitrogens is 1. The van der Waals surface area contributed by atoms with E-state index < -0.39 is 5.97 Å². The highest BCUT2D eigenvalue weighted by molar-refractivity contribution is 5.92. The summed E-state index contributed by atoms with van der Waals surface area (Å²) in [7, 11) is 0. The fraction of sp³-hybridized carbons (Fsp3) is 0.133. The molecule has 0 aliphatic heterocycles. The lowest BCUT2D eigenvalue weighted by Crippen LogP contribution is -2.28. The number of hydrogen-bond acceptors (Lipinski definition) is 3. The Morgan fingerprint density at radius 1 is 1.19 bits per heavy atom. The molecule has 0 spiro atoms. The van der Waals surface area contributed by atoms with Crippen molar-refractivity contribution in [2.24, 2.45) is 0 Å². The van der Waals surface area contributed by atoms with Crippen molar-refractivity contribution in [3.05, 3.63) is 64.1 Å². The van der Waals surface area contributed by atoms with Gasteiger partial charge in [-0.1, -0.05) is 6.07 Å². The van der Waals surface area contributed by atoms with Crippen LogP contribution in [0.3, 0.4) is 0 Å². The topological polar surface area (TPSA) is 88.4 Å². The van der Waals surface area contributed by atoms with Crippen LogP contribution in [0.15, 0.2) is 47.4 Å². The first kappa shape index (κ1) is 14.5. The second-order valence-corrected chi connectivity index (χ2v) is 4.55. The molecule has 0 radical (unpaired) electrons. The van der Waals surface area contributed by atoms with Gasteiger partial charge in [-0.15, -0.1) is 0 Å². The van der Waals surface area contributed by atoms with Crippen LogP contribution in [0.2, 0.25) is 0 Å². The van der Waals surface area contributed by atoms with E-state index in [-0.39, 0.29) is 23.6 Å². The van der Waals surface area contributed by atoms with E-state index in [9.17, 15) is 14.4 Å². The number of nitrogens with one attached hydrogen (secondary N) is 1. The molecule has 0 bridgehead atoms. The minimum absolute atomic E-state index is 0.0960. The number of carbonyl (C=O) groups is 2. The Labute approximate surface area is 120 Å². The molecule has 2 aromatic rings. The second-order valence-electron chi connectivity index (χ2n) is 4.55. The van der Waals surface area contributed by atoms with Gasteiger partial charge in [0, 0.05) is 17.4 Å². The quantitative estimate of drug-likeness (QED) is 0.891. The van der Waals surface area contributed by atoms with Crippen molar-refractivity contribution in [2.45, 2.75) is 13.5 Å². The smallest absolute Gasteiger partial charge is 0.335 e. The van der Waals surface area contributed by atoms with Gasteiger partial charge in [0.1, 0.15) is 6.54 Å². The third-order valence-electron chi connectivity index (χ3n) is 2.94. The molecule has 0 saturated carbocycles. The Morgan fingerprint density at radius 2 is 1.86 bits per heavy atom. The Bertz CT molecular complexity index is 732. The fourth-order valence-electron chi connectivity index (χ4n) is 1.83. The van der Waals surface area contributed by atoms with Crippen molar-refractivity contribution >= 4 is 17.6 Å². The molecule has 0 aliphatic rings. The predicted octanol–water partition coefficient (Wildman–Crippen LogP) is 1.49. The molecule has 1 aromatic heterocycles. The molecule has 6 nitrogen and oxygen atoms in total. The Kier molecular flexibility index (Phi) is 4.18. The first-order valence-electron chi connectivity index (χ1n) is 6.26. The first-order chi connectivity index (χ1) is 9.97. The van der Waals surface area contributed by atoms with Gasteiger partial charge in [-0.25, -0.2) is 4.79 Å². The van der Waals surface area contributed by atoms with E-state index in [2.05, 4.69) is 5.32 Å². The van der Waals surface area contributed by atoms with E-state index in [1.165, 1.54) is 28.8 Å². The molecular formula is C15H14N2O4. The van der Waals surface area contributed by atoms with Crippen molar-refractivity contribution in [2.75, 3.05) is 5.32 Å². The van der Waals surface area contributed by atoms with Gasteiger partial charge < -0.3 is 15.0 Å². The van der Waals surface area contributed by atoms with E-state index in [0.717, 1.165) is 0 Å². The monoisotopic (exact) mass is 286 g/mol. The Morgan fingerprint density at radius 3 is 2.48 bits per heavy atom. The Hall–Kier alpha value is -2.89. The molecule has 0 fully saturated rings. The van der Waals surface area contributed by atoms with Crippen LogP contribution in [0.4, 0.5) is 5.69 Å². The average molecular weight is 286 g/mol. The Balaban J connectivity index is 2.06. The summed E-state index contributed by atoms with van der Waals surface area (Å²) in [6, 6.07) is 9.18. The molecule has 0 aliphatic carbocycles. The third kappa shape index (κ3) is 3.56. The van der Waals surface area contributed by atoms with E-state index >= 15 is 0 Å². The SMILES string of the molecule is Cc1cccn(CC(=O)Nc2ccc(C(=O)O)cc2)c1=O. The predicted molar refractivity (Wildman–Crippen MR) is 77.5 cm³/mol. The number of rotatable bonds is 4. The van der Waals surface area contributed by atoms with Crippen LogP contribution in [0.5, 0.6) is 0 Å². The van der Waals surface area contributed by atoms with E-state index in [1.807, 2.05) is 0 Å². The third-order valence-corrected chi connectivity index (χ3v) is 2.94. The number of carboxylic acid groups (broad SMARTS) is 1. The number of amides is 1. The molecule has 108 valence electrons. The zero-order valence-corrected chi connectivity index (χ0v) is 11.4. The standard InChI is InChI=1S/C15H14N2O4/c1-10-3-2-8-17(14(10)19)9-13(18)16-12-6-4-11(5-7-12)15(20)21/h2-8H,9H2,1H3,(H,16,18)(H,20,21). The van der Waals surface area contributed by atoms with Crippen LogP contribution < -0.4 is 10.9 Å². The molecule has 6 heteroatoms. The lowest BCUT2D eigenvalue weighted by Gasteiger charge is -2.08. The van der Waals surface area contributed by atoms with Crippen LogP contribution in [-0.4, -0.2) is 21.6 Å². The normalized spacial score (nSPS) is 10.1. The van der Waals surface area contributed by atoms with Crippen LogP contribution >= 0.6 is 0 Å². The maximum absolute atomic E-state index is 11.9. The van der Waals surface area contributed by atoms with Gasteiger partial charge in [0.2, 0.25) is 5.91 Å². The van der Waals surface area contributed by atoms with Crippen LogP contribution in [-0.2, 0) is 11.3 Å². The minimum Gasteiger partial charge on any atom is -0.478 e. The van der Waals surface area contributed by atoms with Crippen LogP contribution in [0.25, 0.3) is 0 Å². The maximum Gasteiger partial charge on any atom is 0.335 e. The number of hydrogen-bond donors (Lipinski definition) is 2. The average Bonchev–Trinajstić information content (AvgIpc) is 2.44. The second kappa shape index (κ2) is 6.04. The zero-order valence-electron chi connectivity index (χ0n) is 11.4. The van der Waals surface area contributed by atoms with Crippen molar-refractivity contribution < 1.29 is 14.7 Å². The fourth-order valence-corrected chi connectivity index (χ4v) is 1.83. The molecule has 0 saturated heterocycles. The lowest BCUT2D eigenvalue weighted by molar-refractivity contribution is -0.116. The minimum atomic E-state index is -1.03. The van der Waals surface area contributed by atoms with Crippen molar-refractivity contribution in [1.29, 1.82) is 0 Å². The van der Waals surface area contributed by atoms with Gasteiger partial charge in [-0.3, -0.25) is 9.59 Å². The van der Waals surface area contributed by atoms with Gasteiger partial charge in [0.25, 0.3) is 5.56 Å². The van der Waals surface area contributed by atoms with Crippen LogP contribution in [0.1, 0.15) is 15.9 Å². The van der Waals surface area contributed by atoms with E-state index in [4.69, 9.17) is 5.11 Å². The molecular weight excluding hydrogens is 272 g/mol. The van der Waals surface area contributed by atoms with Crippen molar-refractivity contribution in [1.82, 2.24) is 4.57 Å². The summed E-state index contributed by atoms with van der Waals surface area (Å²) < 4.78 is 1.32. The number of aryl methyl sites for hydroxylation is 1. The molecule has 0 atom stereocenters. The van der Waals surface area contributed by atoms with Gasteiger partial charge in [-0.05, 0) is 37.3 Å². The number of carbonyl (C=O) groups excluding carboxylic acids is 1. The van der Waals surface area contributed by atoms with Gasteiger partial charge >= 0.3 is 5.97 Å². The highest BCUT2D eigenvalue weighted by Gasteiger charge is 2.07. The zero-order chi connectivity index (χ0) is 15.4. The number of carboxylic acids is 1. The summed E-state index contributed by atoms with van der Waals surface area (Å²) in [5, 5.41) is 11.4. The van der Waals surface area contributed by atoms with Crippen molar-refractivity contribution in [3.63, 3.8) is 0 Å².